The molecule has 76 valence electrons. The van der Waals surface area contributed by atoms with Crippen LogP contribution in [0.25, 0.3) is 0 Å². The van der Waals surface area contributed by atoms with Crippen molar-refractivity contribution in [3.63, 3.8) is 0 Å². The Bertz CT molecular complexity index is 427. The van der Waals surface area contributed by atoms with E-state index in [1.165, 1.54) is 12.1 Å². The summed E-state index contributed by atoms with van der Waals surface area (Å²) in [6.45, 7) is 0.239. The number of anilines is 1. The molecule has 0 aliphatic heterocycles. The lowest BCUT2D eigenvalue weighted by Gasteiger charge is -2.07. The van der Waals surface area contributed by atoms with E-state index in [-0.39, 0.29) is 17.9 Å². The van der Waals surface area contributed by atoms with E-state index in [4.69, 9.17) is 0 Å². The largest absolute Gasteiger partial charge is 0.427 e. The fourth-order valence-corrected chi connectivity index (χ4v) is 1.47. The van der Waals surface area contributed by atoms with E-state index in [0.29, 0.717) is 0 Å². The van der Waals surface area contributed by atoms with Gasteiger partial charge in [-0.3, -0.25) is 9.52 Å². The van der Waals surface area contributed by atoms with Crippen LogP contribution in [0.4, 0.5) is 5.69 Å². The van der Waals surface area contributed by atoms with E-state index in [0.717, 1.165) is 6.26 Å². The summed E-state index contributed by atoms with van der Waals surface area (Å²) in [7, 11) is -3.36. The number of carbonyl (C=O) groups is 1. The molecule has 0 fully saturated rings. The number of sulfonamides is 1. The Morgan fingerprint density at radius 1 is 1.36 bits per heavy atom. The Morgan fingerprint density at radius 3 is 2.57 bits per heavy atom. The molecular weight excluding hydrogens is 206 g/mol. The third kappa shape index (κ3) is 3.06. The number of carbonyl (C=O) groups excluding carboxylic acids is 1. The smallest absolute Gasteiger partial charge is 0.298 e. The van der Waals surface area contributed by atoms with E-state index in [9.17, 15) is 13.2 Å². The monoisotopic (exact) mass is 215 g/mol. The standard InChI is InChI=1S/C8H9NO4S/c1-14(11,12)9-7-4-2-3-5-8(7)13-6-10/h2-6,9H,1H3. The van der Waals surface area contributed by atoms with Gasteiger partial charge in [-0.25, -0.2) is 8.42 Å². The minimum Gasteiger partial charge on any atom is -0.427 e. The van der Waals surface area contributed by atoms with E-state index >= 15 is 0 Å². The van der Waals surface area contributed by atoms with Crippen LogP contribution in [0.5, 0.6) is 5.75 Å². The SMILES string of the molecule is CS(=O)(=O)Nc1ccccc1OC=O. The zero-order valence-electron chi connectivity index (χ0n) is 7.43. The van der Waals surface area contributed by atoms with Crippen LogP contribution >= 0.6 is 0 Å². The highest BCUT2D eigenvalue weighted by Gasteiger charge is 2.06. The first-order valence-corrected chi connectivity index (χ1v) is 5.59. The topological polar surface area (TPSA) is 72.5 Å². The molecule has 1 rings (SSSR count). The van der Waals surface area contributed by atoms with Gasteiger partial charge in [-0.1, -0.05) is 12.1 Å². The van der Waals surface area contributed by atoms with Crippen molar-refractivity contribution in [3.05, 3.63) is 24.3 Å². The van der Waals surface area contributed by atoms with Crippen molar-refractivity contribution in [2.75, 3.05) is 11.0 Å². The first-order chi connectivity index (χ1) is 6.53. The molecule has 6 heteroatoms. The Hall–Kier alpha value is -1.56. The average molecular weight is 215 g/mol. The van der Waals surface area contributed by atoms with Crippen molar-refractivity contribution in [2.45, 2.75) is 0 Å². The lowest BCUT2D eigenvalue weighted by Crippen LogP contribution is -2.10. The lowest BCUT2D eigenvalue weighted by molar-refractivity contribution is -0.120. The van der Waals surface area contributed by atoms with Crippen molar-refractivity contribution in [3.8, 4) is 5.75 Å². The van der Waals surface area contributed by atoms with Gasteiger partial charge in [-0.2, -0.15) is 0 Å². The molecule has 5 nitrogen and oxygen atoms in total. The molecule has 0 unspecified atom stereocenters. The van der Waals surface area contributed by atoms with Gasteiger partial charge < -0.3 is 4.74 Å². The summed E-state index contributed by atoms with van der Waals surface area (Å²) in [6.07, 6.45) is 1.02. The highest BCUT2D eigenvalue weighted by Crippen LogP contribution is 2.23. The van der Waals surface area contributed by atoms with Crippen molar-refractivity contribution in [2.24, 2.45) is 0 Å². The second-order valence-corrected chi connectivity index (χ2v) is 4.33. The molecule has 0 spiro atoms. The Balaban J connectivity index is 3.01. The van der Waals surface area contributed by atoms with Crippen molar-refractivity contribution in [1.29, 1.82) is 0 Å². The summed E-state index contributed by atoms with van der Waals surface area (Å²) in [5.41, 5.74) is 0.238. The van der Waals surface area contributed by atoms with Gasteiger partial charge >= 0.3 is 0 Å². The number of para-hydroxylation sites is 2. The Kier molecular flexibility index (Phi) is 3.08. The number of hydrogen-bond acceptors (Lipinski definition) is 4. The van der Waals surface area contributed by atoms with Gasteiger partial charge in [0.2, 0.25) is 10.0 Å². The van der Waals surface area contributed by atoms with Crippen LogP contribution in [0.2, 0.25) is 0 Å². The normalized spacial score (nSPS) is 10.6. The van der Waals surface area contributed by atoms with E-state index in [2.05, 4.69) is 9.46 Å². The number of rotatable bonds is 4. The molecule has 14 heavy (non-hydrogen) atoms. The maximum absolute atomic E-state index is 10.9. The van der Waals surface area contributed by atoms with Gasteiger partial charge in [0.05, 0.1) is 11.9 Å². The van der Waals surface area contributed by atoms with Crippen LogP contribution in [0.1, 0.15) is 0 Å². The number of benzene rings is 1. The zero-order chi connectivity index (χ0) is 10.6. The van der Waals surface area contributed by atoms with Gasteiger partial charge in [0.1, 0.15) is 0 Å². The quantitative estimate of drug-likeness (QED) is 0.746. The van der Waals surface area contributed by atoms with E-state index < -0.39 is 10.0 Å². The summed E-state index contributed by atoms with van der Waals surface area (Å²) in [6, 6.07) is 6.25. The Morgan fingerprint density at radius 2 is 2.00 bits per heavy atom. The van der Waals surface area contributed by atoms with Gasteiger partial charge in [0.25, 0.3) is 6.47 Å². The molecule has 0 atom stereocenters. The van der Waals surface area contributed by atoms with Crippen molar-refractivity contribution >= 4 is 22.2 Å². The molecule has 0 radical (unpaired) electrons. The van der Waals surface area contributed by atoms with Gasteiger partial charge in [-0.15, -0.1) is 0 Å². The first kappa shape index (κ1) is 10.5. The van der Waals surface area contributed by atoms with Crippen molar-refractivity contribution < 1.29 is 17.9 Å². The molecule has 0 bridgehead atoms. The summed E-state index contributed by atoms with van der Waals surface area (Å²) < 4.78 is 28.6. The second-order valence-electron chi connectivity index (χ2n) is 2.58. The Labute approximate surface area is 81.7 Å². The summed E-state index contributed by atoms with van der Waals surface area (Å²) in [4.78, 5) is 10.1. The molecule has 0 aromatic heterocycles. The third-order valence-corrected chi connectivity index (χ3v) is 1.95. The highest BCUT2D eigenvalue weighted by atomic mass is 32.2. The summed E-state index contributed by atoms with van der Waals surface area (Å²) in [5.74, 6) is 0.174. The number of hydrogen-bond donors (Lipinski definition) is 1. The van der Waals surface area contributed by atoms with Crippen LogP contribution < -0.4 is 9.46 Å². The summed E-state index contributed by atoms with van der Waals surface area (Å²) >= 11 is 0. The lowest BCUT2D eigenvalue weighted by atomic mass is 10.3. The van der Waals surface area contributed by atoms with Crippen LogP contribution in [-0.2, 0) is 14.8 Å². The van der Waals surface area contributed by atoms with E-state index in [1.54, 1.807) is 12.1 Å². The molecule has 1 N–H and O–H groups in total. The molecule has 0 saturated heterocycles. The van der Waals surface area contributed by atoms with Gasteiger partial charge in [-0.05, 0) is 12.1 Å². The molecule has 1 aromatic rings. The van der Waals surface area contributed by atoms with Crippen LogP contribution in [0.15, 0.2) is 24.3 Å². The molecule has 0 amide bonds. The van der Waals surface area contributed by atoms with Crippen LogP contribution in [0.3, 0.4) is 0 Å². The molecule has 0 heterocycles. The zero-order valence-corrected chi connectivity index (χ0v) is 8.24. The van der Waals surface area contributed by atoms with Crippen molar-refractivity contribution in [1.82, 2.24) is 0 Å². The highest BCUT2D eigenvalue weighted by molar-refractivity contribution is 7.92. The molecule has 1 aromatic carbocycles. The predicted octanol–water partition coefficient (Wildman–Crippen LogP) is 0.593. The van der Waals surface area contributed by atoms with Crippen LogP contribution in [0, 0.1) is 0 Å². The van der Waals surface area contributed by atoms with E-state index in [1.807, 2.05) is 0 Å². The molecule has 0 aliphatic carbocycles. The molecular formula is C8H9NO4S. The maximum Gasteiger partial charge on any atom is 0.298 e. The minimum atomic E-state index is -3.36. The van der Waals surface area contributed by atoms with Gasteiger partial charge in [0.15, 0.2) is 5.75 Å². The predicted molar refractivity (Wildman–Crippen MR) is 51.6 cm³/mol. The molecule has 0 saturated carbocycles. The number of ether oxygens (including phenoxy) is 1. The maximum atomic E-state index is 10.9. The average Bonchev–Trinajstić information content (AvgIpc) is 2.06. The summed E-state index contributed by atoms with van der Waals surface area (Å²) in [5, 5.41) is 0. The molecule has 0 aliphatic rings. The number of nitrogens with one attached hydrogen (secondary N) is 1. The first-order valence-electron chi connectivity index (χ1n) is 3.70. The fraction of sp³-hybridized carbons (Fsp3) is 0.125. The van der Waals surface area contributed by atoms with Gasteiger partial charge in [0, 0.05) is 0 Å². The van der Waals surface area contributed by atoms with Crippen LogP contribution in [-0.4, -0.2) is 21.1 Å². The fourth-order valence-electron chi connectivity index (χ4n) is 0.905. The second kappa shape index (κ2) is 4.10. The minimum absolute atomic E-state index is 0.174. The third-order valence-electron chi connectivity index (χ3n) is 1.36.